The molecular weight excluding hydrogens is 362 g/mol. The first-order valence-corrected chi connectivity index (χ1v) is 8.78. The fraction of sp³-hybridized carbons (Fsp3) is 0.333. The second-order valence-corrected chi connectivity index (χ2v) is 5.97. The molecule has 0 radical (unpaired) electrons. The number of ether oxygens (including phenoxy) is 4. The van der Waals surface area contributed by atoms with Crippen LogP contribution in [0.4, 0.5) is 0 Å². The van der Waals surface area contributed by atoms with Gasteiger partial charge in [-0.1, -0.05) is 30.3 Å². The van der Waals surface area contributed by atoms with Crippen molar-refractivity contribution in [3.63, 3.8) is 0 Å². The first-order chi connectivity index (χ1) is 13.6. The summed E-state index contributed by atoms with van der Waals surface area (Å²) in [6.07, 6.45) is 0. The van der Waals surface area contributed by atoms with Crippen molar-refractivity contribution in [2.75, 3.05) is 41.1 Å². The molecule has 0 saturated carbocycles. The molecule has 0 atom stereocenters. The van der Waals surface area contributed by atoms with Crippen LogP contribution in [-0.4, -0.2) is 57.9 Å². The maximum Gasteiger partial charge on any atom is 0.338 e. The molecule has 0 N–H and O–H groups in total. The number of amides is 1. The molecule has 0 unspecified atom stereocenters. The first-order valence-electron chi connectivity index (χ1n) is 8.78. The molecule has 1 amide bonds. The third-order valence-electron chi connectivity index (χ3n) is 4.05. The minimum absolute atomic E-state index is 0.246. The van der Waals surface area contributed by atoms with Crippen molar-refractivity contribution in [3.8, 4) is 11.5 Å². The molecule has 0 aliphatic rings. The van der Waals surface area contributed by atoms with Gasteiger partial charge in [-0.05, 0) is 17.7 Å². The minimum Gasteiger partial charge on any atom is -0.497 e. The van der Waals surface area contributed by atoms with E-state index < -0.39 is 5.97 Å². The topological polar surface area (TPSA) is 74.3 Å². The molecule has 0 spiro atoms. The Kier molecular flexibility index (Phi) is 8.30. The molecule has 150 valence electrons. The smallest absolute Gasteiger partial charge is 0.338 e. The summed E-state index contributed by atoms with van der Waals surface area (Å²) in [5, 5.41) is 0. The van der Waals surface area contributed by atoms with Crippen molar-refractivity contribution in [3.05, 3.63) is 59.7 Å². The highest BCUT2D eigenvalue weighted by atomic mass is 16.5. The molecule has 7 nitrogen and oxygen atoms in total. The number of nitrogens with zero attached hydrogens (tertiary/aromatic N) is 1. The summed E-state index contributed by atoms with van der Waals surface area (Å²) >= 11 is 0. The third kappa shape index (κ3) is 6.28. The van der Waals surface area contributed by atoms with Gasteiger partial charge in [0.25, 0.3) is 5.91 Å². The Bertz CT molecular complexity index is 755. The first kappa shape index (κ1) is 21.2. The zero-order chi connectivity index (χ0) is 20.4. The van der Waals surface area contributed by atoms with Gasteiger partial charge in [-0.25, -0.2) is 4.79 Å². The number of hydrogen-bond acceptors (Lipinski definition) is 6. The average Bonchev–Trinajstić information content (AvgIpc) is 2.74. The van der Waals surface area contributed by atoms with Crippen LogP contribution < -0.4 is 9.47 Å². The molecule has 0 heterocycles. The fourth-order valence-electron chi connectivity index (χ4n) is 2.52. The largest absolute Gasteiger partial charge is 0.497 e. The molecule has 0 aromatic heterocycles. The summed E-state index contributed by atoms with van der Waals surface area (Å²) in [5.74, 6) is -0.00656. The molecule has 7 heteroatoms. The zero-order valence-corrected chi connectivity index (χ0v) is 16.3. The van der Waals surface area contributed by atoms with Gasteiger partial charge in [0.05, 0.1) is 26.4 Å². The number of hydrogen-bond donors (Lipinski definition) is 0. The minimum atomic E-state index is -0.628. The second kappa shape index (κ2) is 10.9. The van der Waals surface area contributed by atoms with E-state index in [-0.39, 0.29) is 18.1 Å². The lowest BCUT2D eigenvalue weighted by molar-refractivity contribution is -0.135. The van der Waals surface area contributed by atoms with E-state index in [0.717, 1.165) is 5.56 Å². The Morgan fingerprint density at radius 2 is 1.57 bits per heavy atom. The SMILES string of the molecule is COCCN(Cc1ccccc1)C(=O)COC(=O)c1cc(OC)cc(OC)c1. The van der Waals surface area contributed by atoms with Crippen LogP contribution in [0.5, 0.6) is 11.5 Å². The van der Waals surface area contributed by atoms with E-state index in [1.165, 1.54) is 26.4 Å². The van der Waals surface area contributed by atoms with Gasteiger partial charge >= 0.3 is 5.97 Å². The maximum atomic E-state index is 12.6. The van der Waals surface area contributed by atoms with Gasteiger partial charge in [0, 0.05) is 26.3 Å². The monoisotopic (exact) mass is 387 g/mol. The Labute approximate surface area is 164 Å². The van der Waals surface area contributed by atoms with Gasteiger partial charge in [0.1, 0.15) is 11.5 Å². The van der Waals surface area contributed by atoms with Crippen LogP contribution in [0.25, 0.3) is 0 Å². The molecule has 2 aromatic carbocycles. The van der Waals surface area contributed by atoms with Crippen LogP contribution in [0.2, 0.25) is 0 Å². The average molecular weight is 387 g/mol. The van der Waals surface area contributed by atoms with Crippen LogP contribution >= 0.6 is 0 Å². The molecule has 0 aliphatic carbocycles. The highest BCUT2D eigenvalue weighted by Gasteiger charge is 2.18. The highest BCUT2D eigenvalue weighted by molar-refractivity contribution is 5.92. The maximum absolute atomic E-state index is 12.6. The quantitative estimate of drug-likeness (QED) is 0.583. The molecule has 0 fully saturated rings. The number of methoxy groups -OCH3 is 3. The Morgan fingerprint density at radius 1 is 0.929 bits per heavy atom. The van der Waals surface area contributed by atoms with E-state index in [2.05, 4.69) is 0 Å². The number of carbonyl (C=O) groups is 2. The lowest BCUT2D eigenvalue weighted by Crippen LogP contribution is -2.36. The van der Waals surface area contributed by atoms with Crippen LogP contribution in [-0.2, 0) is 20.8 Å². The molecule has 28 heavy (non-hydrogen) atoms. The second-order valence-electron chi connectivity index (χ2n) is 5.97. The summed E-state index contributed by atoms with van der Waals surface area (Å²) in [4.78, 5) is 26.5. The van der Waals surface area contributed by atoms with Crippen LogP contribution in [0.15, 0.2) is 48.5 Å². The summed E-state index contributed by atoms with van der Waals surface area (Å²) in [5.41, 5.74) is 1.23. The van der Waals surface area contributed by atoms with Gasteiger partial charge in [-0.2, -0.15) is 0 Å². The molecule has 0 saturated heterocycles. The number of esters is 1. The number of rotatable bonds is 10. The standard InChI is InChI=1S/C21H25NO6/c1-25-10-9-22(14-16-7-5-4-6-8-16)20(23)15-28-21(24)17-11-18(26-2)13-19(12-17)27-3/h4-8,11-13H,9-10,14-15H2,1-3H3. The van der Waals surface area contributed by atoms with Crippen molar-refractivity contribution in [1.29, 1.82) is 0 Å². The van der Waals surface area contributed by atoms with E-state index in [0.29, 0.717) is 31.2 Å². The fourth-order valence-corrected chi connectivity index (χ4v) is 2.52. The highest BCUT2D eigenvalue weighted by Crippen LogP contribution is 2.23. The molecule has 2 aromatic rings. The Hall–Kier alpha value is -3.06. The summed E-state index contributed by atoms with van der Waals surface area (Å²) in [6, 6.07) is 14.3. The van der Waals surface area contributed by atoms with E-state index >= 15 is 0 Å². The zero-order valence-electron chi connectivity index (χ0n) is 16.3. The van der Waals surface area contributed by atoms with Gasteiger partial charge in [-0.3, -0.25) is 4.79 Å². The Balaban J connectivity index is 2.01. The lowest BCUT2D eigenvalue weighted by Gasteiger charge is -2.22. The number of carbonyl (C=O) groups excluding carboxylic acids is 2. The molecule has 0 bridgehead atoms. The molecule has 2 rings (SSSR count). The number of benzene rings is 2. The lowest BCUT2D eigenvalue weighted by atomic mass is 10.2. The van der Waals surface area contributed by atoms with Crippen molar-refractivity contribution in [1.82, 2.24) is 4.90 Å². The van der Waals surface area contributed by atoms with E-state index in [9.17, 15) is 9.59 Å². The van der Waals surface area contributed by atoms with E-state index in [1.54, 1.807) is 18.1 Å². The Morgan fingerprint density at radius 3 is 2.14 bits per heavy atom. The summed E-state index contributed by atoms with van der Waals surface area (Å²) in [7, 11) is 4.55. The van der Waals surface area contributed by atoms with Crippen LogP contribution in [0, 0.1) is 0 Å². The molecular formula is C21H25NO6. The van der Waals surface area contributed by atoms with Crippen molar-refractivity contribution in [2.45, 2.75) is 6.54 Å². The van der Waals surface area contributed by atoms with E-state index in [1.807, 2.05) is 30.3 Å². The predicted octanol–water partition coefficient (Wildman–Crippen LogP) is 2.54. The van der Waals surface area contributed by atoms with Gasteiger partial charge < -0.3 is 23.8 Å². The van der Waals surface area contributed by atoms with Crippen molar-refractivity contribution in [2.24, 2.45) is 0 Å². The summed E-state index contributed by atoms with van der Waals surface area (Å²) < 4.78 is 20.6. The summed E-state index contributed by atoms with van der Waals surface area (Å²) in [6.45, 7) is 0.830. The third-order valence-corrected chi connectivity index (χ3v) is 4.05. The van der Waals surface area contributed by atoms with Gasteiger partial charge in [0.2, 0.25) is 0 Å². The van der Waals surface area contributed by atoms with Gasteiger partial charge in [-0.15, -0.1) is 0 Å². The van der Waals surface area contributed by atoms with Gasteiger partial charge in [0.15, 0.2) is 6.61 Å². The van der Waals surface area contributed by atoms with Crippen molar-refractivity contribution >= 4 is 11.9 Å². The van der Waals surface area contributed by atoms with E-state index in [4.69, 9.17) is 18.9 Å². The normalized spacial score (nSPS) is 10.2. The van der Waals surface area contributed by atoms with Crippen molar-refractivity contribution < 1.29 is 28.5 Å². The predicted molar refractivity (Wildman–Crippen MR) is 104 cm³/mol. The van der Waals surface area contributed by atoms with Crippen LogP contribution in [0.3, 0.4) is 0 Å². The van der Waals surface area contributed by atoms with Crippen LogP contribution in [0.1, 0.15) is 15.9 Å². The molecule has 0 aliphatic heterocycles.